The zero-order chi connectivity index (χ0) is 8.27. The molecule has 0 aromatic carbocycles. The molecule has 3 heteroatoms. The second-order valence-corrected chi connectivity index (χ2v) is 2.48. The second-order valence-electron chi connectivity index (χ2n) is 2.48. The van der Waals surface area contributed by atoms with Gasteiger partial charge in [-0.15, -0.1) is 0 Å². The summed E-state index contributed by atoms with van der Waals surface area (Å²) in [6, 6.07) is 1.70. The number of hydrogen-bond donors (Lipinski definition) is 0. The highest BCUT2D eigenvalue weighted by atomic mass is 16.1. The predicted molar refractivity (Wildman–Crippen MR) is 42.2 cm³/mol. The number of carbonyl (C=O) groups is 1. The lowest BCUT2D eigenvalue weighted by Crippen LogP contribution is -2.15. The molecule has 1 atom stereocenters. The van der Waals surface area contributed by atoms with Gasteiger partial charge in [-0.3, -0.25) is 9.48 Å². The quantitative estimate of drug-likeness (QED) is 0.656. The summed E-state index contributed by atoms with van der Waals surface area (Å²) < 4.78 is 1.67. The van der Waals surface area contributed by atoms with E-state index in [9.17, 15) is 4.79 Å². The van der Waals surface area contributed by atoms with Crippen LogP contribution in [0.15, 0.2) is 18.5 Å². The molecule has 0 N–H and O–H groups in total. The molecule has 0 aliphatic heterocycles. The maximum absolute atomic E-state index is 11.1. The van der Waals surface area contributed by atoms with Crippen LogP contribution in [0.25, 0.3) is 0 Å². The Bertz CT molecular complexity index is 228. The van der Waals surface area contributed by atoms with Crippen LogP contribution in [0.1, 0.15) is 26.3 Å². The Labute approximate surface area is 66.0 Å². The van der Waals surface area contributed by atoms with Crippen molar-refractivity contribution in [3.63, 3.8) is 0 Å². The minimum absolute atomic E-state index is 0.116. The number of hydrogen-bond acceptors (Lipinski definition) is 2. The molecule has 0 saturated carbocycles. The third kappa shape index (κ3) is 1.67. The van der Waals surface area contributed by atoms with Gasteiger partial charge in [0, 0.05) is 18.8 Å². The highest BCUT2D eigenvalue weighted by molar-refractivity contribution is 5.81. The Morgan fingerprint density at radius 3 is 2.91 bits per heavy atom. The third-order valence-electron chi connectivity index (χ3n) is 1.74. The summed E-state index contributed by atoms with van der Waals surface area (Å²) in [5, 5.41) is 3.98. The van der Waals surface area contributed by atoms with Crippen molar-refractivity contribution in [1.29, 1.82) is 0 Å². The van der Waals surface area contributed by atoms with Crippen LogP contribution < -0.4 is 0 Å². The van der Waals surface area contributed by atoms with Crippen LogP contribution in [0.2, 0.25) is 0 Å². The number of Topliss-reactive ketones (excluding diaryl/α,β-unsaturated/α-hetero) is 1. The summed E-state index contributed by atoms with van der Waals surface area (Å²) in [6.07, 6.45) is 4.05. The molecule has 0 saturated heterocycles. The molecule has 0 radical (unpaired) electrons. The summed E-state index contributed by atoms with van der Waals surface area (Å²) in [7, 11) is 0. The van der Waals surface area contributed by atoms with Gasteiger partial charge < -0.3 is 0 Å². The number of aromatic nitrogens is 2. The first-order valence-electron chi connectivity index (χ1n) is 3.77. The molecule has 0 spiro atoms. The zero-order valence-electron chi connectivity index (χ0n) is 6.82. The molecule has 60 valence electrons. The van der Waals surface area contributed by atoms with Crippen LogP contribution in [-0.4, -0.2) is 15.6 Å². The van der Waals surface area contributed by atoms with Gasteiger partial charge in [-0.25, -0.2) is 0 Å². The summed E-state index contributed by atoms with van der Waals surface area (Å²) >= 11 is 0. The van der Waals surface area contributed by atoms with Gasteiger partial charge in [0.1, 0.15) is 6.04 Å². The number of ketones is 1. The van der Waals surface area contributed by atoms with Gasteiger partial charge in [0.05, 0.1) is 0 Å². The largest absolute Gasteiger partial charge is 0.297 e. The lowest BCUT2D eigenvalue weighted by molar-refractivity contribution is -0.121. The van der Waals surface area contributed by atoms with Gasteiger partial charge in [-0.05, 0) is 13.0 Å². The molecule has 0 bridgehead atoms. The van der Waals surface area contributed by atoms with Gasteiger partial charge >= 0.3 is 0 Å². The maximum Gasteiger partial charge on any atom is 0.156 e. The summed E-state index contributed by atoms with van der Waals surface area (Å²) in [5.74, 6) is 0.216. The molecule has 1 aromatic rings. The molecule has 11 heavy (non-hydrogen) atoms. The average Bonchev–Trinajstić information content (AvgIpc) is 2.53. The van der Waals surface area contributed by atoms with E-state index in [1.807, 2.05) is 19.9 Å². The Balaban J connectivity index is 2.70. The minimum Gasteiger partial charge on any atom is -0.297 e. The van der Waals surface area contributed by atoms with Crippen molar-refractivity contribution in [2.75, 3.05) is 0 Å². The van der Waals surface area contributed by atoms with E-state index in [0.717, 1.165) is 0 Å². The van der Waals surface area contributed by atoms with Crippen LogP contribution in [0.5, 0.6) is 0 Å². The number of rotatable bonds is 3. The fraction of sp³-hybridized carbons (Fsp3) is 0.500. The molecule has 0 aliphatic carbocycles. The molecule has 0 fully saturated rings. The molecular formula is C8H12N2O. The van der Waals surface area contributed by atoms with E-state index in [1.165, 1.54) is 0 Å². The minimum atomic E-state index is -0.116. The maximum atomic E-state index is 11.1. The molecular weight excluding hydrogens is 140 g/mol. The molecule has 0 amide bonds. The normalized spacial score (nSPS) is 12.9. The lowest BCUT2D eigenvalue weighted by atomic mass is 10.2. The topological polar surface area (TPSA) is 34.9 Å². The van der Waals surface area contributed by atoms with Crippen LogP contribution in [-0.2, 0) is 4.79 Å². The Hall–Kier alpha value is -1.12. The lowest BCUT2D eigenvalue weighted by Gasteiger charge is -2.08. The van der Waals surface area contributed by atoms with Gasteiger partial charge in [0.15, 0.2) is 5.78 Å². The fourth-order valence-electron chi connectivity index (χ4n) is 0.953. The van der Waals surface area contributed by atoms with Crippen molar-refractivity contribution in [2.24, 2.45) is 0 Å². The second kappa shape index (κ2) is 3.32. The highest BCUT2D eigenvalue weighted by Gasteiger charge is 2.11. The van der Waals surface area contributed by atoms with E-state index in [0.29, 0.717) is 6.42 Å². The van der Waals surface area contributed by atoms with Crippen LogP contribution in [0.3, 0.4) is 0 Å². The van der Waals surface area contributed by atoms with E-state index >= 15 is 0 Å². The van der Waals surface area contributed by atoms with Crippen LogP contribution in [0.4, 0.5) is 0 Å². The SMILES string of the molecule is CCC(=O)C(C)n1cccn1. The van der Waals surface area contributed by atoms with Crippen molar-refractivity contribution in [3.8, 4) is 0 Å². The van der Waals surface area contributed by atoms with Crippen molar-refractivity contribution >= 4 is 5.78 Å². The van der Waals surface area contributed by atoms with Crippen molar-refractivity contribution < 1.29 is 4.79 Å². The van der Waals surface area contributed by atoms with Gasteiger partial charge in [-0.2, -0.15) is 5.10 Å². The number of nitrogens with zero attached hydrogens (tertiary/aromatic N) is 2. The van der Waals surface area contributed by atoms with E-state index in [1.54, 1.807) is 17.1 Å². The summed E-state index contributed by atoms with van der Waals surface area (Å²) in [4.78, 5) is 11.1. The van der Waals surface area contributed by atoms with Crippen LogP contribution >= 0.6 is 0 Å². The smallest absolute Gasteiger partial charge is 0.156 e. The Kier molecular flexibility index (Phi) is 2.41. The van der Waals surface area contributed by atoms with E-state index in [4.69, 9.17) is 0 Å². The average molecular weight is 152 g/mol. The zero-order valence-corrected chi connectivity index (χ0v) is 6.82. The monoisotopic (exact) mass is 152 g/mol. The fourth-order valence-corrected chi connectivity index (χ4v) is 0.953. The first-order valence-corrected chi connectivity index (χ1v) is 3.77. The standard InChI is InChI=1S/C8H12N2O/c1-3-8(11)7(2)10-6-4-5-9-10/h4-7H,3H2,1-2H3. The van der Waals surface area contributed by atoms with E-state index in [-0.39, 0.29) is 11.8 Å². The Morgan fingerprint density at radius 1 is 1.73 bits per heavy atom. The first-order chi connectivity index (χ1) is 5.25. The van der Waals surface area contributed by atoms with Gasteiger partial charge in [0.25, 0.3) is 0 Å². The van der Waals surface area contributed by atoms with E-state index in [2.05, 4.69) is 5.10 Å². The van der Waals surface area contributed by atoms with E-state index < -0.39 is 0 Å². The van der Waals surface area contributed by atoms with Crippen molar-refractivity contribution in [3.05, 3.63) is 18.5 Å². The summed E-state index contributed by atoms with van der Waals surface area (Å²) in [6.45, 7) is 3.72. The van der Waals surface area contributed by atoms with Crippen LogP contribution in [0, 0.1) is 0 Å². The Morgan fingerprint density at radius 2 is 2.45 bits per heavy atom. The van der Waals surface area contributed by atoms with Crippen molar-refractivity contribution in [2.45, 2.75) is 26.3 Å². The highest BCUT2D eigenvalue weighted by Crippen LogP contribution is 2.06. The first kappa shape index (κ1) is 7.98. The number of carbonyl (C=O) groups excluding carboxylic acids is 1. The molecule has 1 unspecified atom stereocenters. The van der Waals surface area contributed by atoms with Gasteiger partial charge in [0.2, 0.25) is 0 Å². The molecule has 0 aliphatic rings. The summed E-state index contributed by atoms with van der Waals surface area (Å²) in [5.41, 5.74) is 0. The molecule has 1 rings (SSSR count). The van der Waals surface area contributed by atoms with Crippen molar-refractivity contribution in [1.82, 2.24) is 9.78 Å². The third-order valence-corrected chi connectivity index (χ3v) is 1.74. The molecule has 3 nitrogen and oxygen atoms in total. The molecule has 1 heterocycles. The molecule has 1 aromatic heterocycles. The predicted octanol–water partition coefficient (Wildman–Crippen LogP) is 1.42. The van der Waals surface area contributed by atoms with Gasteiger partial charge in [-0.1, -0.05) is 6.92 Å².